The maximum atomic E-state index is 2.40. The van der Waals surface area contributed by atoms with Crippen LogP contribution in [0.2, 0.25) is 0 Å². The van der Waals surface area contributed by atoms with Crippen LogP contribution in [-0.2, 0) is 6.42 Å². The largest absolute Gasteiger partial charge is 0.117 e. The first-order chi connectivity index (χ1) is 16.9. The van der Waals surface area contributed by atoms with Crippen molar-refractivity contribution in [3.05, 3.63) is 144 Å². The zero-order chi connectivity index (χ0) is 22.5. The van der Waals surface area contributed by atoms with Gasteiger partial charge in [-0.3, -0.25) is 0 Å². The molecule has 0 aromatic heterocycles. The van der Waals surface area contributed by atoms with Crippen molar-refractivity contribution in [3.8, 4) is 0 Å². The maximum Gasteiger partial charge on any atom is 0.0388 e. The third-order valence-electron chi connectivity index (χ3n) is 7.24. The number of hydrogen-bond donors (Lipinski definition) is 0. The summed E-state index contributed by atoms with van der Waals surface area (Å²) in [4.78, 5) is 1.46. The van der Waals surface area contributed by atoms with Crippen LogP contribution in [0.3, 0.4) is 0 Å². The Morgan fingerprint density at radius 2 is 1.29 bits per heavy atom. The fourth-order valence-electron chi connectivity index (χ4n) is 5.76. The summed E-state index contributed by atoms with van der Waals surface area (Å²) < 4.78 is 0. The zero-order valence-corrected chi connectivity index (χ0v) is 19.6. The topological polar surface area (TPSA) is 0 Å². The fourth-order valence-corrected chi connectivity index (χ4v) is 7.29. The minimum absolute atomic E-state index is 0.367. The third-order valence-corrected chi connectivity index (χ3v) is 8.62. The summed E-state index contributed by atoms with van der Waals surface area (Å²) in [6, 6.07) is 37.9. The van der Waals surface area contributed by atoms with E-state index in [4.69, 9.17) is 0 Å². The highest BCUT2D eigenvalue weighted by Gasteiger charge is 2.38. The molecular formula is C33H24S. The van der Waals surface area contributed by atoms with Crippen LogP contribution in [0, 0.1) is 0 Å². The molecule has 1 aliphatic heterocycles. The molecule has 7 rings (SSSR count). The van der Waals surface area contributed by atoms with Crippen LogP contribution in [0.25, 0.3) is 27.1 Å². The van der Waals surface area contributed by atoms with Gasteiger partial charge in [0.05, 0.1) is 0 Å². The Bertz CT molecular complexity index is 1610. The Balaban J connectivity index is 1.39. The molecule has 1 heteroatoms. The van der Waals surface area contributed by atoms with Crippen LogP contribution in [0.15, 0.2) is 126 Å². The minimum Gasteiger partial charge on any atom is -0.117 e. The Hall–Kier alpha value is -3.55. The second kappa shape index (κ2) is 8.04. The minimum atomic E-state index is 0.367. The summed E-state index contributed by atoms with van der Waals surface area (Å²) in [6.45, 7) is 0. The molecule has 162 valence electrons. The lowest BCUT2D eigenvalue weighted by Crippen LogP contribution is -2.13. The van der Waals surface area contributed by atoms with Gasteiger partial charge in [0.1, 0.15) is 0 Å². The van der Waals surface area contributed by atoms with Crippen LogP contribution < -0.4 is 0 Å². The lowest BCUT2D eigenvalue weighted by Gasteiger charge is -2.25. The quantitative estimate of drug-likeness (QED) is 0.246. The molecule has 0 spiro atoms. The standard InChI is InChI=1S/C33H24S/c1-2-10-22(11-3-1)20-23-12-8-13-24(21-23)25-18-9-19-30-31(25)32-28-16-6-4-14-26(28)27-15-5-7-17-29(27)33(32)34-30/h1-19,21,30-31H,20H2. The predicted molar refractivity (Wildman–Crippen MR) is 147 cm³/mol. The molecule has 0 saturated heterocycles. The molecule has 0 saturated carbocycles. The highest BCUT2D eigenvalue weighted by molar-refractivity contribution is 8.00. The van der Waals surface area contributed by atoms with E-state index >= 15 is 0 Å². The predicted octanol–water partition coefficient (Wildman–Crippen LogP) is 8.80. The van der Waals surface area contributed by atoms with Crippen LogP contribution in [0.5, 0.6) is 0 Å². The summed E-state index contributed by atoms with van der Waals surface area (Å²) in [6.07, 6.45) is 7.98. The van der Waals surface area contributed by atoms with E-state index in [0.29, 0.717) is 11.2 Å². The molecule has 5 aromatic carbocycles. The van der Waals surface area contributed by atoms with Crippen molar-refractivity contribution in [2.24, 2.45) is 0 Å². The van der Waals surface area contributed by atoms with Gasteiger partial charge in [-0.25, -0.2) is 0 Å². The monoisotopic (exact) mass is 452 g/mol. The summed E-state index contributed by atoms with van der Waals surface area (Å²) in [5.74, 6) is 0.367. The molecule has 5 aromatic rings. The first kappa shape index (κ1) is 19.9. The van der Waals surface area contributed by atoms with Crippen molar-refractivity contribution in [2.75, 3.05) is 0 Å². The summed E-state index contributed by atoms with van der Waals surface area (Å²) >= 11 is 2.04. The van der Waals surface area contributed by atoms with Gasteiger partial charge < -0.3 is 0 Å². The molecule has 34 heavy (non-hydrogen) atoms. The molecule has 0 nitrogen and oxygen atoms in total. The van der Waals surface area contributed by atoms with Gasteiger partial charge >= 0.3 is 0 Å². The van der Waals surface area contributed by atoms with Gasteiger partial charge in [0, 0.05) is 16.1 Å². The molecule has 0 bridgehead atoms. The van der Waals surface area contributed by atoms with Crippen molar-refractivity contribution in [1.82, 2.24) is 0 Å². The number of thioether (sulfide) groups is 1. The molecule has 0 radical (unpaired) electrons. The van der Waals surface area contributed by atoms with Gasteiger partial charge in [-0.1, -0.05) is 121 Å². The number of hydrogen-bond acceptors (Lipinski definition) is 1. The summed E-state index contributed by atoms with van der Waals surface area (Å²) in [5, 5.41) is 5.95. The van der Waals surface area contributed by atoms with E-state index in [1.54, 1.807) is 0 Å². The molecular weight excluding hydrogens is 428 g/mol. The van der Waals surface area contributed by atoms with E-state index in [2.05, 4.69) is 121 Å². The maximum absolute atomic E-state index is 2.40. The van der Waals surface area contributed by atoms with E-state index in [0.717, 1.165) is 6.42 Å². The lowest BCUT2D eigenvalue weighted by molar-refractivity contribution is 0.912. The van der Waals surface area contributed by atoms with E-state index in [9.17, 15) is 0 Å². The molecule has 2 unspecified atom stereocenters. The molecule has 1 heterocycles. The Morgan fingerprint density at radius 3 is 2.12 bits per heavy atom. The Labute approximate surface area is 204 Å². The van der Waals surface area contributed by atoms with Gasteiger partial charge in [-0.15, -0.1) is 11.8 Å². The zero-order valence-electron chi connectivity index (χ0n) is 18.8. The van der Waals surface area contributed by atoms with Gasteiger partial charge in [-0.05, 0) is 55.8 Å². The van der Waals surface area contributed by atoms with Crippen molar-refractivity contribution in [2.45, 2.75) is 22.5 Å². The number of rotatable bonds is 3. The molecule has 2 aliphatic rings. The Morgan fingerprint density at radius 1 is 0.618 bits per heavy atom. The van der Waals surface area contributed by atoms with Crippen molar-refractivity contribution >= 4 is 38.9 Å². The average molecular weight is 453 g/mol. The van der Waals surface area contributed by atoms with E-state index in [-0.39, 0.29) is 0 Å². The third kappa shape index (κ3) is 3.15. The van der Waals surface area contributed by atoms with Crippen molar-refractivity contribution < 1.29 is 0 Å². The van der Waals surface area contributed by atoms with Crippen LogP contribution in [-0.4, -0.2) is 5.25 Å². The molecule has 0 N–H and O–H groups in total. The van der Waals surface area contributed by atoms with E-state index in [1.165, 1.54) is 54.3 Å². The fraction of sp³-hybridized carbons (Fsp3) is 0.0909. The van der Waals surface area contributed by atoms with Gasteiger partial charge in [0.2, 0.25) is 0 Å². The van der Waals surface area contributed by atoms with Gasteiger partial charge in [0.15, 0.2) is 0 Å². The number of allylic oxidation sites excluding steroid dienone is 3. The molecule has 0 fully saturated rings. The Kier molecular flexibility index (Phi) is 4.70. The molecule has 1 aliphatic carbocycles. The van der Waals surface area contributed by atoms with Crippen LogP contribution in [0.1, 0.15) is 28.2 Å². The smallest absolute Gasteiger partial charge is 0.0388 e. The SMILES string of the molecule is C1=CC2Sc3c(c4ccccc4c4ccccc34)C2C(c2cccc(Cc3ccccc3)c2)=C1. The number of fused-ring (bicyclic) bond motifs is 8. The molecule has 0 amide bonds. The highest BCUT2D eigenvalue weighted by atomic mass is 32.2. The second-order valence-corrected chi connectivity index (χ2v) is 10.5. The van der Waals surface area contributed by atoms with E-state index < -0.39 is 0 Å². The highest BCUT2D eigenvalue weighted by Crippen LogP contribution is 2.57. The van der Waals surface area contributed by atoms with Gasteiger partial charge in [-0.2, -0.15) is 0 Å². The number of benzene rings is 5. The van der Waals surface area contributed by atoms with Gasteiger partial charge in [0.25, 0.3) is 0 Å². The van der Waals surface area contributed by atoms with Crippen LogP contribution in [0.4, 0.5) is 0 Å². The summed E-state index contributed by atoms with van der Waals surface area (Å²) in [7, 11) is 0. The lowest BCUT2D eigenvalue weighted by atomic mass is 9.78. The summed E-state index contributed by atoms with van der Waals surface area (Å²) in [5.41, 5.74) is 7.01. The van der Waals surface area contributed by atoms with Crippen molar-refractivity contribution in [1.29, 1.82) is 0 Å². The normalized spacial score (nSPS) is 18.6. The molecule has 2 atom stereocenters. The first-order valence-electron chi connectivity index (χ1n) is 12.0. The first-order valence-corrected chi connectivity index (χ1v) is 12.9. The van der Waals surface area contributed by atoms with Crippen molar-refractivity contribution in [3.63, 3.8) is 0 Å². The van der Waals surface area contributed by atoms with E-state index in [1.807, 2.05) is 11.8 Å². The average Bonchev–Trinajstić information content (AvgIpc) is 3.30. The van der Waals surface area contributed by atoms with Crippen LogP contribution >= 0.6 is 11.8 Å². The second-order valence-electron chi connectivity index (χ2n) is 9.26.